The van der Waals surface area contributed by atoms with E-state index in [9.17, 15) is 10.1 Å². The van der Waals surface area contributed by atoms with E-state index < -0.39 is 4.92 Å². The highest BCUT2D eigenvalue weighted by atomic mass is 16.6. The minimum atomic E-state index is -0.429. The molecule has 0 spiro atoms. The second-order valence-corrected chi connectivity index (χ2v) is 3.76. The van der Waals surface area contributed by atoms with Gasteiger partial charge in [0.1, 0.15) is 5.75 Å². The van der Waals surface area contributed by atoms with Crippen molar-refractivity contribution in [1.82, 2.24) is 5.32 Å². The Morgan fingerprint density at radius 1 is 1.61 bits per heavy atom. The van der Waals surface area contributed by atoms with Gasteiger partial charge in [-0.2, -0.15) is 0 Å². The second kappa shape index (κ2) is 6.62. The van der Waals surface area contributed by atoms with Gasteiger partial charge in [0.15, 0.2) is 0 Å². The van der Waals surface area contributed by atoms with Crippen molar-refractivity contribution in [3.05, 3.63) is 33.9 Å². The number of nitrogens with zero attached hydrogens (tertiary/aromatic N) is 1. The van der Waals surface area contributed by atoms with E-state index in [0.29, 0.717) is 12.3 Å². The first-order valence-electron chi connectivity index (χ1n) is 5.63. The maximum absolute atomic E-state index is 10.7. The van der Waals surface area contributed by atoms with Gasteiger partial charge < -0.3 is 4.74 Å². The minimum absolute atomic E-state index is 0.0429. The predicted octanol–water partition coefficient (Wildman–Crippen LogP) is 2.10. The highest BCUT2D eigenvalue weighted by Gasteiger charge is 2.12. The standard InChI is InChI=1S/C13H16N2O3/c1-4-11(5-2)14-9-10-8-12(15(16)17)6-7-13(10)18-3/h1,6-8,11,14H,5,9H2,2-3H3. The van der Waals surface area contributed by atoms with Gasteiger partial charge in [-0.25, -0.2) is 0 Å². The SMILES string of the molecule is C#CC(CC)NCc1cc([N+](=O)[O-])ccc1OC. The van der Waals surface area contributed by atoms with E-state index >= 15 is 0 Å². The van der Waals surface area contributed by atoms with E-state index in [1.165, 1.54) is 19.2 Å². The van der Waals surface area contributed by atoms with Crippen molar-refractivity contribution in [3.8, 4) is 18.1 Å². The third-order valence-corrected chi connectivity index (χ3v) is 2.62. The molecule has 0 saturated carbocycles. The van der Waals surface area contributed by atoms with Crippen molar-refractivity contribution in [1.29, 1.82) is 0 Å². The van der Waals surface area contributed by atoms with E-state index in [1.807, 2.05) is 6.92 Å². The third kappa shape index (κ3) is 3.47. The van der Waals surface area contributed by atoms with Gasteiger partial charge in [-0.05, 0) is 12.5 Å². The molecule has 1 aromatic rings. The molecule has 5 nitrogen and oxygen atoms in total. The zero-order valence-corrected chi connectivity index (χ0v) is 10.5. The third-order valence-electron chi connectivity index (χ3n) is 2.62. The summed E-state index contributed by atoms with van der Waals surface area (Å²) in [6, 6.07) is 4.45. The molecule has 1 atom stereocenters. The van der Waals surface area contributed by atoms with Crippen LogP contribution in [0.2, 0.25) is 0 Å². The first-order chi connectivity index (χ1) is 8.62. The quantitative estimate of drug-likeness (QED) is 0.475. The Morgan fingerprint density at radius 2 is 2.33 bits per heavy atom. The van der Waals surface area contributed by atoms with Crippen LogP contribution in [0.25, 0.3) is 0 Å². The molecule has 5 heteroatoms. The number of non-ortho nitro benzene ring substituents is 1. The lowest BCUT2D eigenvalue weighted by Crippen LogP contribution is -2.26. The number of nitro benzene ring substituents is 1. The van der Waals surface area contributed by atoms with Crippen LogP contribution in [0, 0.1) is 22.5 Å². The molecule has 0 saturated heterocycles. The van der Waals surface area contributed by atoms with Crippen molar-refractivity contribution < 1.29 is 9.66 Å². The Labute approximate surface area is 106 Å². The second-order valence-electron chi connectivity index (χ2n) is 3.76. The Hall–Kier alpha value is -2.06. The molecule has 1 unspecified atom stereocenters. The molecular formula is C13H16N2O3. The lowest BCUT2D eigenvalue weighted by Gasteiger charge is -2.13. The van der Waals surface area contributed by atoms with E-state index in [2.05, 4.69) is 11.2 Å². The molecule has 1 aromatic carbocycles. The average molecular weight is 248 g/mol. The topological polar surface area (TPSA) is 64.4 Å². The molecule has 0 aliphatic heterocycles. The summed E-state index contributed by atoms with van der Waals surface area (Å²) in [5, 5.41) is 13.9. The number of ether oxygens (including phenoxy) is 1. The van der Waals surface area contributed by atoms with Crippen LogP contribution in [0.4, 0.5) is 5.69 Å². The summed E-state index contributed by atoms with van der Waals surface area (Å²) in [6.07, 6.45) is 6.14. The van der Waals surface area contributed by atoms with Crippen molar-refractivity contribution in [2.75, 3.05) is 7.11 Å². The van der Waals surface area contributed by atoms with Crippen LogP contribution in [-0.4, -0.2) is 18.1 Å². The summed E-state index contributed by atoms with van der Waals surface area (Å²) in [4.78, 5) is 10.3. The number of benzene rings is 1. The molecular weight excluding hydrogens is 232 g/mol. The molecule has 0 bridgehead atoms. The largest absolute Gasteiger partial charge is 0.496 e. The molecule has 0 fully saturated rings. The average Bonchev–Trinajstić information content (AvgIpc) is 2.39. The van der Waals surface area contributed by atoms with Crippen LogP contribution in [-0.2, 0) is 6.54 Å². The number of hydrogen-bond acceptors (Lipinski definition) is 4. The van der Waals surface area contributed by atoms with Gasteiger partial charge in [0, 0.05) is 24.2 Å². The Morgan fingerprint density at radius 3 is 2.83 bits per heavy atom. The summed E-state index contributed by atoms with van der Waals surface area (Å²) < 4.78 is 5.17. The first-order valence-corrected chi connectivity index (χ1v) is 5.63. The van der Waals surface area contributed by atoms with Gasteiger partial charge in [0.2, 0.25) is 0 Å². The monoisotopic (exact) mass is 248 g/mol. The van der Waals surface area contributed by atoms with Gasteiger partial charge in [-0.1, -0.05) is 12.8 Å². The molecule has 1 N–H and O–H groups in total. The minimum Gasteiger partial charge on any atom is -0.496 e. The number of terminal acetylenes is 1. The molecule has 1 rings (SSSR count). The molecule has 0 aliphatic carbocycles. The Balaban J connectivity index is 2.88. The summed E-state index contributed by atoms with van der Waals surface area (Å²) in [5.74, 6) is 3.22. The van der Waals surface area contributed by atoms with Crippen LogP contribution in [0.5, 0.6) is 5.75 Å². The first kappa shape index (κ1) is 14.0. The van der Waals surface area contributed by atoms with E-state index in [0.717, 1.165) is 12.0 Å². The van der Waals surface area contributed by atoms with Gasteiger partial charge in [0.25, 0.3) is 5.69 Å². The van der Waals surface area contributed by atoms with Gasteiger partial charge in [-0.15, -0.1) is 6.42 Å². The van der Waals surface area contributed by atoms with Crippen molar-refractivity contribution >= 4 is 5.69 Å². The number of rotatable bonds is 6. The fourth-order valence-corrected chi connectivity index (χ4v) is 1.57. The molecule has 0 aromatic heterocycles. The van der Waals surface area contributed by atoms with E-state index in [4.69, 9.17) is 11.2 Å². The van der Waals surface area contributed by atoms with Gasteiger partial charge in [-0.3, -0.25) is 15.4 Å². The lowest BCUT2D eigenvalue weighted by molar-refractivity contribution is -0.384. The molecule has 96 valence electrons. The molecule has 0 heterocycles. The number of methoxy groups -OCH3 is 1. The summed E-state index contributed by atoms with van der Waals surface area (Å²) in [6.45, 7) is 2.41. The van der Waals surface area contributed by atoms with Gasteiger partial charge in [0.05, 0.1) is 18.1 Å². The smallest absolute Gasteiger partial charge is 0.270 e. The van der Waals surface area contributed by atoms with Gasteiger partial charge >= 0.3 is 0 Å². The highest BCUT2D eigenvalue weighted by molar-refractivity contribution is 5.43. The highest BCUT2D eigenvalue weighted by Crippen LogP contribution is 2.23. The van der Waals surface area contributed by atoms with E-state index in [-0.39, 0.29) is 11.7 Å². The van der Waals surface area contributed by atoms with Crippen molar-refractivity contribution in [2.24, 2.45) is 0 Å². The zero-order chi connectivity index (χ0) is 13.5. The van der Waals surface area contributed by atoms with Crippen LogP contribution < -0.4 is 10.1 Å². The van der Waals surface area contributed by atoms with Crippen LogP contribution >= 0.6 is 0 Å². The number of nitrogens with one attached hydrogen (secondary N) is 1. The Bertz CT molecular complexity index is 466. The molecule has 0 radical (unpaired) electrons. The predicted molar refractivity (Wildman–Crippen MR) is 69.4 cm³/mol. The van der Waals surface area contributed by atoms with Crippen LogP contribution in [0.15, 0.2) is 18.2 Å². The normalized spacial score (nSPS) is 11.6. The van der Waals surface area contributed by atoms with Crippen molar-refractivity contribution in [2.45, 2.75) is 25.9 Å². The summed E-state index contributed by atoms with van der Waals surface area (Å²) in [5.41, 5.74) is 0.766. The zero-order valence-electron chi connectivity index (χ0n) is 10.5. The van der Waals surface area contributed by atoms with Crippen LogP contribution in [0.1, 0.15) is 18.9 Å². The summed E-state index contributed by atoms with van der Waals surface area (Å²) in [7, 11) is 1.53. The maximum Gasteiger partial charge on any atom is 0.270 e. The molecule has 0 aliphatic rings. The fraction of sp³-hybridized carbons (Fsp3) is 0.385. The number of nitro groups is 1. The Kier molecular flexibility index (Phi) is 5.15. The molecule has 18 heavy (non-hydrogen) atoms. The van der Waals surface area contributed by atoms with Crippen molar-refractivity contribution in [3.63, 3.8) is 0 Å². The maximum atomic E-state index is 10.7. The van der Waals surface area contributed by atoms with Crippen LogP contribution in [0.3, 0.4) is 0 Å². The summed E-state index contributed by atoms with van der Waals surface area (Å²) >= 11 is 0. The fourth-order valence-electron chi connectivity index (χ4n) is 1.57. The lowest BCUT2D eigenvalue weighted by atomic mass is 10.1. The number of hydrogen-bond donors (Lipinski definition) is 1. The van der Waals surface area contributed by atoms with E-state index in [1.54, 1.807) is 6.07 Å². The molecule has 0 amide bonds.